The second-order valence-electron chi connectivity index (χ2n) is 5.82. The minimum atomic E-state index is -0.491. The number of ether oxygens (including phenoxy) is 1. The third kappa shape index (κ3) is 4.84. The summed E-state index contributed by atoms with van der Waals surface area (Å²) < 4.78 is 5.28. The van der Waals surface area contributed by atoms with E-state index in [9.17, 15) is 4.79 Å². The van der Waals surface area contributed by atoms with Crippen LogP contribution in [0.25, 0.3) is 10.4 Å². The van der Waals surface area contributed by atoms with Gasteiger partial charge < -0.3 is 10.1 Å². The van der Waals surface area contributed by atoms with Gasteiger partial charge in [-0.3, -0.25) is 0 Å². The summed E-state index contributed by atoms with van der Waals surface area (Å²) in [5, 5.41) is 6.51. The maximum atomic E-state index is 11.8. The Labute approximate surface area is 108 Å². The summed E-state index contributed by atoms with van der Waals surface area (Å²) in [6.45, 7) is 5.93. The molecule has 0 atom stereocenters. The summed E-state index contributed by atoms with van der Waals surface area (Å²) in [6, 6.07) is 0. The van der Waals surface area contributed by atoms with Gasteiger partial charge in [-0.05, 0) is 45.6 Å². The number of nitrogens with zero attached hydrogens (tertiary/aromatic N) is 3. The summed E-state index contributed by atoms with van der Waals surface area (Å²) in [5.41, 5.74) is 7.56. The quantitative estimate of drug-likeness (QED) is 0.472. The van der Waals surface area contributed by atoms with Crippen LogP contribution in [0.15, 0.2) is 5.11 Å². The van der Waals surface area contributed by atoms with Crippen LogP contribution in [0.5, 0.6) is 0 Å². The average Bonchev–Trinajstić information content (AvgIpc) is 2.64. The number of rotatable bonds is 4. The number of alkyl carbamates (subject to hydrolysis) is 1. The number of carbonyl (C=O) groups is 1. The lowest BCUT2D eigenvalue weighted by molar-refractivity contribution is 0.0452. The van der Waals surface area contributed by atoms with E-state index in [4.69, 9.17) is 10.3 Å². The molecule has 1 fully saturated rings. The average molecular weight is 254 g/mol. The van der Waals surface area contributed by atoms with Gasteiger partial charge in [0.25, 0.3) is 0 Å². The van der Waals surface area contributed by atoms with Crippen LogP contribution in [0.4, 0.5) is 4.79 Å². The van der Waals surface area contributed by atoms with E-state index in [1.54, 1.807) is 0 Å². The molecular formula is C12H22N4O2. The van der Waals surface area contributed by atoms with Crippen LogP contribution < -0.4 is 5.32 Å². The highest BCUT2D eigenvalue weighted by Gasteiger charge is 2.35. The molecule has 1 aliphatic carbocycles. The van der Waals surface area contributed by atoms with Crippen molar-refractivity contribution in [2.24, 2.45) is 5.11 Å². The van der Waals surface area contributed by atoms with Crippen molar-refractivity contribution in [1.29, 1.82) is 0 Å². The summed E-state index contributed by atoms with van der Waals surface area (Å²) in [6.07, 6.45) is 4.32. The fourth-order valence-corrected chi connectivity index (χ4v) is 2.32. The van der Waals surface area contributed by atoms with Gasteiger partial charge >= 0.3 is 6.09 Å². The van der Waals surface area contributed by atoms with E-state index in [-0.39, 0.29) is 11.6 Å². The first kappa shape index (κ1) is 14.6. The van der Waals surface area contributed by atoms with Crippen molar-refractivity contribution in [1.82, 2.24) is 5.32 Å². The third-order valence-corrected chi connectivity index (χ3v) is 3.08. The van der Waals surface area contributed by atoms with Crippen LogP contribution in [0.2, 0.25) is 0 Å². The standard InChI is InChI=1S/C12H22N4O2/c1-11(2,3)18-10(17)15-12(6-4-5-7-12)8-9-14-16-13/h4-9H2,1-3H3,(H,15,17). The van der Waals surface area contributed by atoms with E-state index < -0.39 is 5.60 Å². The van der Waals surface area contributed by atoms with Crippen LogP contribution in [0, 0.1) is 0 Å². The van der Waals surface area contributed by atoms with Gasteiger partial charge in [0.05, 0.1) is 0 Å². The van der Waals surface area contributed by atoms with Gasteiger partial charge in [0.15, 0.2) is 0 Å². The zero-order valence-corrected chi connectivity index (χ0v) is 11.4. The molecule has 6 nitrogen and oxygen atoms in total. The maximum Gasteiger partial charge on any atom is 0.408 e. The van der Waals surface area contributed by atoms with Gasteiger partial charge in [-0.25, -0.2) is 4.79 Å². The highest BCUT2D eigenvalue weighted by Crippen LogP contribution is 2.33. The molecule has 1 aliphatic rings. The molecule has 1 saturated carbocycles. The molecule has 0 aliphatic heterocycles. The lowest BCUT2D eigenvalue weighted by Crippen LogP contribution is -2.48. The molecule has 1 amide bonds. The Kier molecular flexibility index (Phi) is 4.84. The zero-order chi connectivity index (χ0) is 13.6. The second kappa shape index (κ2) is 5.96. The summed E-state index contributed by atoms with van der Waals surface area (Å²) >= 11 is 0. The first-order chi connectivity index (χ1) is 8.37. The highest BCUT2D eigenvalue weighted by molar-refractivity contribution is 5.68. The maximum absolute atomic E-state index is 11.8. The van der Waals surface area contributed by atoms with Crippen molar-refractivity contribution >= 4 is 6.09 Å². The van der Waals surface area contributed by atoms with Crippen molar-refractivity contribution in [2.75, 3.05) is 6.54 Å². The van der Waals surface area contributed by atoms with Gasteiger partial charge in [-0.15, -0.1) is 0 Å². The summed E-state index contributed by atoms with van der Waals surface area (Å²) in [5.74, 6) is 0. The number of hydrogen-bond donors (Lipinski definition) is 1. The molecule has 1 rings (SSSR count). The van der Waals surface area contributed by atoms with Crippen LogP contribution in [0.1, 0.15) is 52.9 Å². The Morgan fingerprint density at radius 1 is 1.44 bits per heavy atom. The van der Waals surface area contributed by atoms with E-state index in [0.29, 0.717) is 13.0 Å². The van der Waals surface area contributed by atoms with E-state index in [2.05, 4.69) is 15.3 Å². The van der Waals surface area contributed by atoms with Crippen molar-refractivity contribution in [3.05, 3.63) is 10.4 Å². The summed E-state index contributed by atoms with van der Waals surface area (Å²) in [7, 11) is 0. The Balaban J connectivity index is 2.56. The van der Waals surface area contributed by atoms with Crippen LogP contribution in [-0.2, 0) is 4.74 Å². The van der Waals surface area contributed by atoms with Gasteiger partial charge in [0.2, 0.25) is 0 Å². The molecule has 0 radical (unpaired) electrons. The molecule has 1 N–H and O–H groups in total. The Bertz CT molecular complexity index is 336. The number of carbonyl (C=O) groups excluding carboxylic acids is 1. The van der Waals surface area contributed by atoms with Crippen molar-refractivity contribution in [3.8, 4) is 0 Å². The number of hydrogen-bond acceptors (Lipinski definition) is 3. The van der Waals surface area contributed by atoms with Crippen molar-refractivity contribution in [2.45, 2.75) is 64.0 Å². The fraction of sp³-hybridized carbons (Fsp3) is 0.917. The van der Waals surface area contributed by atoms with E-state index in [1.165, 1.54) is 0 Å². The smallest absolute Gasteiger partial charge is 0.408 e. The van der Waals surface area contributed by atoms with Crippen molar-refractivity contribution < 1.29 is 9.53 Å². The summed E-state index contributed by atoms with van der Waals surface area (Å²) in [4.78, 5) is 14.6. The predicted octanol–water partition coefficient (Wildman–Crippen LogP) is 3.52. The predicted molar refractivity (Wildman–Crippen MR) is 69.2 cm³/mol. The molecule has 0 bridgehead atoms. The Hall–Kier alpha value is -1.42. The monoisotopic (exact) mass is 254 g/mol. The molecule has 0 aromatic carbocycles. The van der Waals surface area contributed by atoms with Gasteiger partial charge in [0.1, 0.15) is 5.60 Å². The molecular weight excluding hydrogens is 232 g/mol. The lowest BCUT2D eigenvalue weighted by atomic mass is 9.93. The second-order valence-corrected chi connectivity index (χ2v) is 5.82. The minimum absolute atomic E-state index is 0.253. The highest BCUT2D eigenvalue weighted by atomic mass is 16.6. The fourth-order valence-electron chi connectivity index (χ4n) is 2.32. The lowest BCUT2D eigenvalue weighted by Gasteiger charge is -2.31. The number of azide groups is 1. The SMILES string of the molecule is CC(C)(C)OC(=O)NC1(CCN=[N+]=[N-])CCCC1. The molecule has 0 spiro atoms. The molecule has 0 unspecified atom stereocenters. The van der Waals surface area contributed by atoms with Gasteiger partial charge in [-0.2, -0.15) is 0 Å². The van der Waals surface area contributed by atoms with E-state index in [0.717, 1.165) is 25.7 Å². The van der Waals surface area contributed by atoms with Crippen LogP contribution in [0.3, 0.4) is 0 Å². The van der Waals surface area contributed by atoms with Crippen molar-refractivity contribution in [3.63, 3.8) is 0 Å². The Morgan fingerprint density at radius 3 is 2.56 bits per heavy atom. The van der Waals surface area contributed by atoms with E-state index >= 15 is 0 Å². The number of amides is 1. The van der Waals surface area contributed by atoms with E-state index in [1.807, 2.05) is 20.8 Å². The molecule has 102 valence electrons. The third-order valence-electron chi connectivity index (χ3n) is 3.08. The largest absolute Gasteiger partial charge is 0.444 e. The topological polar surface area (TPSA) is 87.1 Å². The first-order valence-electron chi connectivity index (χ1n) is 6.39. The molecule has 18 heavy (non-hydrogen) atoms. The molecule has 0 heterocycles. The normalized spacial score (nSPS) is 17.9. The van der Waals surface area contributed by atoms with Crippen LogP contribution in [-0.4, -0.2) is 23.8 Å². The molecule has 6 heteroatoms. The molecule has 0 saturated heterocycles. The van der Waals surface area contributed by atoms with Crippen LogP contribution >= 0.6 is 0 Å². The Morgan fingerprint density at radius 2 is 2.06 bits per heavy atom. The molecule has 0 aromatic rings. The van der Waals surface area contributed by atoms with Gasteiger partial charge in [0, 0.05) is 17.0 Å². The zero-order valence-electron chi connectivity index (χ0n) is 11.4. The first-order valence-corrected chi connectivity index (χ1v) is 6.39. The minimum Gasteiger partial charge on any atom is -0.444 e. The number of nitrogens with one attached hydrogen (secondary N) is 1. The van der Waals surface area contributed by atoms with Gasteiger partial charge in [-0.1, -0.05) is 18.0 Å². The molecule has 0 aromatic heterocycles.